The van der Waals surface area contributed by atoms with E-state index < -0.39 is 0 Å². The minimum atomic E-state index is 1.21. The highest BCUT2D eigenvalue weighted by molar-refractivity contribution is 5.15. The Morgan fingerprint density at radius 3 is 0.905 bits per heavy atom. The van der Waals surface area contributed by atoms with Gasteiger partial charge in [-0.3, -0.25) is 0 Å². The van der Waals surface area contributed by atoms with Crippen LogP contribution in [0.1, 0.15) is 225 Å². The van der Waals surface area contributed by atoms with E-state index in [1.165, 1.54) is 212 Å². The Bertz CT molecular complexity index is 617. The van der Waals surface area contributed by atoms with Crippen molar-refractivity contribution in [1.29, 1.82) is 0 Å². The maximum Gasteiger partial charge on any atom is 0.171 e. The van der Waals surface area contributed by atoms with Crippen molar-refractivity contribution in [3.63, 3.8) is 0 Å². The summed E-state index contributed by atoms with van der Waals surface area (Å²) in [5, 5.41) is 0. The second-order valence-electron chi connectivity index (χ2n) is 13.8. The number of aromatic nitrogens is 1. The lowest BCUT2D eigenvalue weighted by molar-refractivity contribution is -0.698. The number of hydrogen-bond donors (Lipinski definition) is 0. The molecule has 1 nitrogen and oxygen atoms in total. The van der Waals surface area contributed by atoms with Crippen molar-refractivity contribution in [1.82, 2.24) is 0 Å². The van der Waals surface area contributed by atoms with Crippen LogP contribution in [0.15, 0.2) is 18.5 Å². The second-order valence-corrected chi connectivity index (χ2v) is 13.8. The van der Waals surface area contributed by atoms with Gasteiger partial charge in [-0.05, 0) is 38.2 Å². The molecule has 0 amide bonds. The van der Waals surface area contributed by atoms with Gasteiger partial charge < -0.3 is 0 Å². The summed E-state index contributed by atoms with van der Waals surface area (Å²) in [5.74, 6) is 0. The van der Waals surface area contributed by atoms with Crippen molar-refractivity contribution in [3.8, 4) is 0 Å². The maximum atomic E-state index is 2.56. The molecule has 0 unspecified atom stereocenters. The molecule has 0 aliphatic rings. The largest absolute Gasteiger partial charge is 0.205 e. The van der Waals surface area contributed by atoms with Crippen LogP contribution in [0.3, 0.4) is 0 Å². The molecule has 0 spiro atoms. The molecule has 0 bridgehead atoms. The highest BCUT2D eigenvalue weighted by Crippen LogP contribution is 2.16. The number of pyridine rings is 1. The molecule has 0 aromatic carbocycles. The van der Waals surface area contributed by atoms with Gasteiger partial charge in [0.15, 0.2) is 12.4 Å². The van der Waals surface area contributed by atoms with Crippen LogP contribution < -0.4 is 4.57 Å². The molecule has 0 radical (unpaired) electrons. The molecule has 0 aliphatic carbocycles. The first-order chi connectivity index (χ1) is 20.8. The molecular formula is C41H78N+. The average molecular weight is 585 g/mol. The second kappa shape index (κ2) is 31.6. The highest BCUT2D eigenvalue weighted by atomic mass is 14.9. The molecule has 0 fully saturated rings. The van der Waals surface area contributed by atoms with Gasteiger partial charge in [0.2, 0.25) is 0 Å². The Balaban J connectivity index is 2.21. The number of hydrogen-bond acceptors (Lipinski definition) is 0. The third-order valence-electron chi connectivity index (χ3n) is 9.44. The molecular weight excluding hydrogens is 506 g/mol. The van der Waals surface area contributed by atoms with E-state index in [4.69, 9.17) is 0 Å². The molecule has 246 valence electrons. The molecule has 1 heteroatoms. The van der Waals surface area contributed by atoms with E-state index in [0.29, 0.717) is 0 Å². The third-order valence-corrected chi connectivity index (χ3v) is 9.44. The Kier molecular flexibility index (Phi) is 29.4. The fraction of sp³-hybridized carbons (Fsp3) is 0.878. The number of unbranched alkanes of at least 4 members (excludes halogenated alkanes) is 27. The van der Waals surface area contributed by atoms with Crippen LogP contribution in [0.25, 0.3) is 0 Å². The lowest BCUT2D eigenvalue weighted by atomic mass is 10.0. The van der Waals surface area contributed by atoms with Crippen LogP contribution in [-0.2, 0) is 19.4 Å². The summed E-state index contributed by atoms with van der Waals surface area (Å²) < 4.78 is 2.55. The van der Waals surface area contributed by atoms with E-state index in [1.807, 2.05) is 0 Å². The predicted molar refractivity (Wildman–Crippen MR) is 190 cm³/mol. The molecule has 0 atom stereocenters. The van der Waals surface area contributed by atoms with Gasteiger partial charge in [-0.2, -0.15) is 0 Å². The van der Waals surface area contributed by atoms with Crippen LogP contribution in [0.5, 0.6) is 0 Å². The van der Waals surface area contributed by atoms with E-state index in [2.05, 4.69) is 43.8 Å². The molecule has 0 saturated heterocycles. The van der Waals surface area contributed by atoms with Crippen LogP contribution in [0.4, 0.5) is 0 Å². The first kappa shape index (κ1) is 39.2. The highest BCUT2D eigenvalue weighted by Gasteiger charge is 2.08. The minimum absolute atomic E-state index is 1.21. The van der Waals surface area contributed by atoms with Crippen molar-refractivity contribution < 1.29 is 4.57 Å². The predicted octanol–water partition coefficient (Wildman–Crippen LogP) is 13.8. The third kappa shape index (κ3) is 25.6. The molecule has 1 aromatic heterocycles. The molecule has 42 heavy (non-hydrogen) atoms. The zero-order valence-electron chi connectivity index (χ0n) is 29.5. The Morgan fingerprint density at radius 1 is 0.333 bits per heavy atom. The maximum absolute atomic E-state index is 2.56. The summed E-state index contributed by atoms with van der Waals surface area (Å²) in [6.45, 7) is 8.14. The van der Waals surface area contributed by atoms with Gasteiger partial charge in [-0.25, -0.2) is 4.57 Å². The van der Waals surface area contributed by atoms with E-state index in [0.717, 1.165) is 0 Å². The average Bonchev–Trinajstić information content (AvgIpc) is 3.00. The van der Waals surface area contributed by atoms with E-state index in [1.54, 1.807) is 11.1 Å². The van der Waals surface area contributed by atoms with Gasteiger partial charge in [0.05, 0.1) is 0 Å². The fourth-order valence-corrected chi connectivity index (χ4v) is 6.59. The van der Waals surface area contributed by atoms with Crippen molar-refractivity contribution in [2.75, 3.05) is 0 Å². The molecule has 1 aromatic rings. The topological polar surface area (TPSA) is 3.88 Å². The van der Waals surface area contributed by atoms with Gasteiger partial charge >= 0.3 is 0 Å². The van der Waals surface area contributed by atoms with Crippen LogP contribution in [0.2, 0.25) is 0 Å². The van der Waals surface area contributed by atoms with Crippen molar-refractivity contribution in [2.45, 2.75) is 233 Å². The summed E-state index contributed by atoms with van der Waals surface area (Å²) in [5.41, 5.74) is 3.20. The summed E-state index contributed by atoms with van der Waals surface area (Å²) in [6.07, 6.45) is 50.4. The van der Waals surface area contributed by atoms with Crippen LogP contribution in [-0.4, -0.2) is 0 Å². The Labute approximate surface area is 266 Å². The minimum Gasteiger partial charge on any atom is -0.205 e. The van der Waals surface area contributed by atoms with Crippen molar-refractivity contribution in [3.05, 3.63) is 29.6 Å². The van der Waals surface area contributed by atoms with Gasteiger partial charge in [0, 0.05) is 17.5 Å². The quantitative estimate of drug-likeness (QED) is 0.0571. The first-order valence-electron chi connectivity index (χ1n) is 19.8. The standard InChI is InChI=1S/C41H78N/c1-4-7-10-13-15-17-19-21-23-25-27-29-31-34-40-37-41(39-42(38-40)36-33-12-9-6-3)35-32-30-28-26-24-22-20-18-16-14-11-8-5-2/h37-39H,4-36H2,1-3H3/q+1. The zero-order valence-corrected chi connectivity index (χ0v) is 29.5. The Morgan fingerprint density at radius 2 is 0.595 bits per heavy atom. The number of aryl methyl sites for hydroxylation is 3. The van der Waals surface area contributed by atoms with E-state index >= 15 is 0 Å². The molecule has 0 saturated carbocycles. The number of nitrogens with zero attached hydrogens (tertiary/aromatic N) is 1. The monoisotopic (exact) mass is 585 g/mol. The van der Waals surface area contributed by atoms with Gasteiger partial charge in [-0.15, -0.1) is 0 Å². The van der Waals surface area contributed by atoms with E-state index in [9.17, 15) is 0 Å². The van der Waals surface area contributed by atoms with Gasteiger partial charge in [-0.1, -0.05) is 188 Å². The summed E-state index contributed by atoms with van der Waals surface area (Å²) >= 11 is 0. The summed E-state index contributed by atoms with van der Waals surface area (Å²) in [7, 11) is 0. The molecule has 1 rings (SSSR count). The smallest absolute Gasteiger partial charge is 0.171 e. The normalized spacial score (nSPS) is 11.5. The summed E-state index contributed by atoms with van der Waals surface area (Å²) in [6, 6.07) is 2.56. The molecule has 0 aliphatic heterocycles. The van der Waals surface area contributed by atoms with Crippen LogP contribution >= 0.6 is 0 Å². The van der Waals surface area contributed by atoms with Crippen molar-refractivity contribution in [2.24, 2.45) is 0 Å². The first-order valence-corrected chi connectivity index (χ1v) is 19.8. The SMILES string of the molecule is CCCCCCCCCCCCCCCc1cc(CCCCCCCCCCCCCCC)c[n+](CCCCCC)c1. The zero-order chi connectivity index (χ0) is 30.2. The lowest BCUT2D eigenvalue weighted by Crippen LogP contribution is -2.34. The van der Waals surface area contributed by atoms with Crippen LogP contribution in [0, 0.1) is 0 Å². The Hall–Kier alpha value is -0.850. The van der Waals surface area contributed by atoms with Crippen molar-refractivity contribution >= 4 is 0 Å². The summed E-state index contributed by atoms with van der Waals surface area (Å²) in [4.78, 5) is 0. The molecule has 0 N–H and O–H groups in total. The van der Waals surface area contributed by atoms with Gasteiger partial charge in [0.25, 0.3) is 0 Å². The van der Waals surface area contributed by atoms with E-state index in [-0.39, 0.29) is 0 Å². The lowest BCUT2D eigenvalue weighted by Gasteiger charge is -2.07. The number of rotatable bonds is 33. The molecule has 1 heterocycles. The van der Waals surface area contributed by atoms with Gasteiger partial charge in [0.1, 0.15) is 6.54 Å². The fourth-order valence-electron chi connectivity index (χ4n) is 6.59.